The van der Waals surface area contributed by atoms with Crippen molar-refractivity contribution in [1.82, 2.24) is 14.8 Å². The first kappa shape index (κ1) is 18.2. The molecule has 2 aromatic heterocycles. The molecule has 0 radical (unpaired) electrons. The highest BCUT2D eigenvalue weighted by Gasteiger charge is 2.11. The van der Waals surface area contributed by atoms with E-state index in [0.29, 0.717) is 16.4 Å². The standard InChI is InChI=1S/C17H21ClN4O2/c1-3-4-9-22-17(18)14(12(2)21-22)5-6-16(24)20-15-10-19-8-7-13(15)11-23/h5-8,10,23H,3-4,9,11H2,1-2H3,(H,20,24)/b6-5+. The molecular formula is C17H21ClN4O2. The largest absolute Gasteiger partial charge is 0.392 e. The van der Waals surface area contributed by atoms with E-state index >= 15 is 0 Å². The maximum atomic E-state index is 12.1. The van der Waals surface area contributed by atoms with Gasteiger partial charge in [-0.3, -0.25) is 14.5 Å². The van der Waals surface area contributed by atoms with E-state index in [9.17, 15) is 9.90 Å². The Balaban J connectivity index is 2.10. The fourth-order valence-electron chi connectivity index (χ4n) is 2.22. The second kappa shape index (κ2) is 8.61. The summed E-state index contributed by atoms with van der Waals surface area (Å²) in [4.78, 5) is 16.0. The average Bonchev–Trinajstić information content (AvgIpc) is 2.85. The third kappa shape index (κ3) is 4.43. The molecule has 7 heteroatoms. The third-order valence-electron chi connectivity index (χ3n) is 3.57. The van der Waals surface area contributed by atoms with Gasteiger partial charge in [0.15, 0.2) is 0 Å². The smallest absolute Gasteiger partial charge is 0.248 e. The number of halogens is 1. The summed E-state index contributed by atoms with van der Waals surface area (Å²) in [5.41, 5.74) is 2.60. The Kier molecular flexibility index (Phi) is 6.52. The van der Waals surface area contributed by atoms with Crippen LogP contribution in [0.3, 0.4) is 0 Å². The molecule has 2 heterocycles. The maximum absolute atomic E-state index is 12.1. The fraction of sp³-hybridized carbons (Fsp3) is 0.353. The van der Waals surface area contributed by atoms with Crippen LogP contribution in [0, 0.1) is 6.92 Å². The molecule has 6 nitrogen and oxygen atoms in total. The number of hydrogen-bond acceptors (Lipinski definition) is 4. The van der Waals surface area contributed by atoms with Crippen molar-refractivity contribution in [2.45, 2.75) is 39.8 Å². The molecule has 24 heavy (non-hydrogen) atoms. The minimum Gasteiger partial charge on any atom is -0.392 e. The summed E-state index contributed by atoms with van der Waals surface area (Å²) >= 11 is 6.33. The van der Waals surface area contributed by atoms with E-state index in [1.54, 1.807) is 23.0 Å². The van der Waals surface area contributed by atoms with E-state index in [4.69, 9.17) is 11.6 Å². The van der Waals surface area contributed by atoms with Crippen LogP contribution in [0.15, 0.2) is 24.5 Å². The quantitative estimate of drug-likeness (QED) is 0.753. The highest BCUT2D eigenvalue weighted by Crippen LogP contribution is 2.22. The second-order valence-corrected chi connectivity index (χ2v) is 5.74. The van der Waals surface area contributed by atoms with Crippen molar-refractivity contribution in [3.05, 3.63) is 46.5 Å². The van der Waals surface area contributed by atoms with Gasteiger partial charge in [-0.05, 0) is 25.5 Å². The molecule has 0 unspecified atom stereocenters. The molecule has 128 valence electrons. The Morgan fingerprint density at radius 1 is 1.50 bits per heavy atom. The zero-order valence-corrected chi connectivity index (χ0v) is 14.5. The molecule has 0 saturated carbocycles. The van der Waals surface area contributed by atoms with Crippen LogP contribution in [0.1, 0.15) is 36.6 Å². The van der Waals surface area contributed by atoms with Gasteiger partial charge in [-0.1, -0.05) is 24.9 Å². The lowest BCUT2D eigenvalue weighted by molar-refractivity contribution is -0.111. The van der Waals surface area contributed by atoms with Gasteiger partial charge in [0.2, 0.25) is 5.91 Å². The number of nitrogens with zero attached hydrogens (tertiary/aromatic N) is 3. The summed E-state index contributed by atoms with van der Waals surface area (Å²) in [6, 6.07) is 1.65. The number of carbonyl (C=O) groups is 1. The van der Waals surface area contributed by atoms with Crippen LogP contribution in [0.25, 0.3) is 6.08 Å². The molecule has 0 bridgehead atoms. The van der Waals surface area contributed by atoms with Gasteiger partial charge in [-0.2, -0.15) is 5.10 Å². The van der Waals surface area contributed by atoms with Gasteiger partial charge in [0.05, 0.1) is 24.2 Å². The minimum absolute atomic E-state index is 0.170. The topological polar surface area (TPSA) is 80.0 Å². The van der Waals surface area contributed by atoms with Crippen molar-refractivity contribution in [2.75, 3.05) is 5.32 Å². The molecule has 0 aliphatic heterocycles. The van der Waals surface area contributed by atoms with Crippen LogP contribution >= 0.6 is 11.6 Å². The zero-order chi connectivity index (χ0) is 17.5. The van der Waals surface area contributed by atoms with Crippen LogP contribution in [0.2, 0.25) is 5.15 Å². The molecule has 0 fully saturated rings. The summed E-state index contributed by atoms with van der Waals surface area (Å²) in [6.45, 7) is 4.55. The van der Waals surface area contributed by atoms with E-state index in [-0.39, 0.29) is 12.5 Å². The summed E-state index contributed by atoms with van der Waals surface area (Å²) in [5, 5.41) is 16.9. The van der Waals surface area contributed by atoms with Crippen molar-refractivity contribution in [3.8, 4) is 0 Å². The second-order valence-electron chi connectivity index (χ2n) is 5.38. The third-order valence-corrected chi connectivity index (χ3v) is 3.97. The van der Waals surface area contributed by atoms with Gasteiger partial charge < -0.3 is 10.4 Å². The monoisotopic (exact) mass is 348 g/mol. The molecule has 2 N–H and O–H groups in total. The van der Waals surface area contributed by atoms with Gasteiger partial charge in [-0.25, -0.2) is 0 Å². The molecule has 0 aromatic carbocycles. The van der Waals surface area contributed by atoms with Gasteiger partial charge in [0.1, 0.15) is 5.15 Å². The van der Waals surface area contributed by atoms with E-state index in [0.717, 1.165) is 30.6 Å². The first-order valence-electron chi connectivity index (χ1n) is 7.82. The zero-order valence-electron chi connectivity index (χ0n) is 13.8. The molecule has 0 atom stereocenters. The van der Waals surface area contributed by atoms with Gasteiger partial charge in [-0.15, -0.1) is 0 Å². The predicted molar refractivity (Wildman–Crippen MR) is 94.7 cm³/mol. The number of nitrogens with one attached hydrogen (secondary N) is 1. The number of hydrogen-bond donors (Lipinski definition) is 2. The number of unbranched alkanes of at least 4 members (excludes halogenated alkanes) is 1. The molecule has 0 spiro atoms. The Labute approximate surface area is 146 Å². The Hall–Kier alpha value is -2.18. The number of aliphatic hydroxyl groups is 1. The first-order chi connectivity index (χ1) is 11.6. The van der Waals surface area contributed by atoms with Gasteiger partial charge in [0, 0.05) is 29.9 Å². The van der Waals surface area contributed by atoms with Gasteiger partial charge >= 0.3 is 0 Å². The highest BCUT2D eigenvalue weighted by atomic mass is 35.5. The SMILES string of the molecule is CCCCn1nc(C)c(/C=C/C(=O)Nc2cnccc2CO)c1Cl. The summed E-state index contributed by atoms with van der Waals surface area (Å²) in [7, 11) is 0. The van der Waals surface area contributed by atoms with Crippen molar-refractivity contribution in [3.63, 3.8) is 0 Å². The minimum atomic E-state index is -0.325. The number of aliphatic hydroxyl groups excluding tert-OH is 1. The molecule has 2 aromatic rings. The normalized spacial score (nSPS) is 11.2. The van der Waals surface area contributed by atoms with Crippen LogP contribution in [0.4, 0.5) is 5.69 Å². The highest BCUT2D eigenvalue weighted by molar-refractivity contribution is 6.31. The molecule has 2 rings (SSSR count). The van der Waals surface area contributed by atoms with Crippen LogP contribution in [-0.4, -0.2) is 25.8 Å². The van der Waals surface area contributed by atoms with E-state index in [2.05, 4.69) is 22.3 Å². The lowest BCUT2D eigenvalue weighted by Gasteiger charge is -2.06. The number of pyridine rings is 1. The number of aromatic nitrogens is 3. The van der Waals surface area contributed by atoms with E-state index in [1.807, 2.05) is 6.92 Å². The van der Waals surface area contributed by atoms with Crippen LogP contribution < -0.4 is 5.32 Å². The maximum Gasteiger partial charge on any atom is 0.248 e. The number of carbonyl (C=O) groups excluding carboxylic acids is 1. The Morgan fingerprint density at radius 2 is 2.29 bits per heavy atom. The van der Waals surface area contributed by atoms with Crippen molar-refractivity contribution < 1.29 is 9.90 Å². The lowest BCUT2D eigenvalue weighted by atomic mass is 10.2. The fourth-order valence-corrected chi connectivity index (χ4v) is 2.54. The molecule has 0 aliphatic rings. The number of rotatable bonds is 7. The number of anilines is 1. The van der Waals surface area contributed by atoms with Gasteiger partial charge in [0.25, 0.3) is 0 Å². The summed E-state index contributed by atoms with van der Waals surface area (Å²) in [6.07, 6.45) is 8.16. The molecule has 0 aliphatic carbocycles. The van der Waals surface area contributed by atoms with E-state index in [1.165, 1.54) is 12.3 Å². The first-order valence-corrected chi connectivity index (χ1v) is 8.20. The summed E-state index contributed by atoms with van der Waals surface area (Å²) in [5.74, 6) is -0.325. The van der Waals surface area contributed by atoms with Crippen molar-refractivity contribution in [2.24, 2.45) is 0 Å². The average molecular weight is 349 g/mol. The van der Waals surface area contributed by atoms with Crippen LogP contribution in [0.5, 0.6) is 0 Å². The Morgan fingerprint density at radius 3 is 3.00 bits per heavy atom. The lowest BCUT2D eigenvalue weighted by Crippen LogP contribution is -2.10. The van der Waals surface area contributed by atoms with Crippen LogP contribution in [-0.2, 0) is 17.9 Å². The van der Waals surface area contributed by atoms with Crippen molar-refractivity contribution in [1.29, 1.82) is 0 Å². The predicted octanol–water partition coefficient (Wildman–Crippen LogP) is 3.18. The number of amides is 1. The molecule has 0 saturated heterocycles. The van der Waals surface area contributed by atoms with E-state index < -0.39 is 0 Å². The molecular weight excluding hydrogens is 328 g/mol. The number of aryl methyl sites for hydroxylation is 2. The summed E-state index contributed by atoms with van der Waals surface area (Å²) < 4.78 is 1.75. The van der Waals surface area contributed by atoms with Crippen molar-refractivity contribution >= 4 is 29.3 Å². The molecule has 1 amide bonds. The Bertz CT molecular complexity index is 740.